The normalized spacial score (nSPS) is 21.9. The van der Waals surface area contributed by atoms with Gasteiger partial charge in [-0.3, -0.25) is 0 Å². The maximum absolute atomic E-state index is 13.7. The van der Waals surface area contributed by atoms with E-state index < -0.39 is 48.2 Å². The second-order valence-electron chi connectivity index (χ2n) is 11.2. The summed E-state index contributed by atoms with van der Waals surface area (Å²) in [7, 11) is 0. The number of aliphatic hydroxyl groups is 4. The number of aliphatic carboxylic acids is 1. The van der Waals surface area contributed by atoms with Crippen LogP contribution in [-0.2, 0) is 32.8 Å². The number of rotatable bonds is 10. The number of H-pyrrole nitrogens is 1. The van der Waals surface area contributed by atoms with Gasteiger partial charge in [-0.05, 0) is 42.2 Å². The number of aromatic nitrogens is 6. The smallest absolute Gasteiger partial charge is 0.359 e. The van der Waals surface area contributed by atoms with Crippen LogP contribution in [0.15, 0.2) is 48.5 Å². The minimum absolute atomic E-state index is 0.00211. The van der Waals surface area contributed by atoms with E-state index in [1.807, 2.05) is 55.5 Å². The summed E-state index contributed by atoms with van der Waals surface area (Å²) in [5.41, 5.74) is 1.59. The molecule has 1 aliphatic rings. The largest absolute Gasteiger partial charge is 0.479 e. The van der Waals surface area contributed by atoms with Gasteiger partial charge in [-0.1, -0.05) is 55.5 Å². The van der Waals surface area contributed by atoms with Gasteiger partial charge in [-0.15, -0.1) is 10.2 Å². The Morgan fingerprint density at radius 2 is 1.71 bits per heavy atom. The van der Waals surface area contributed by atoms with E-state index in [2.05, 4.69) is 25.6 Å². The standard InChI is InChI=1S/C30H34N6O9/c1-4-7-19-31-25(30(2,3)43)20(28(42)45-29-23(39)21(37)22(38)24(44-29)27(40)41)36(19)14-15-10-12-16(13-11-15)17-8-5-6-9-18(17)26-32-34-35-33-26/h5-6,8-13,21-24,29,37-39,43H,4,7,14H2,1-3H3,(H,40,41)(H,32,33,34,35)/t21-,22-,23+,24-,29-/m0/s1. The van der Waals surface area contributed by atoms with Crippen molar-refractivity contribution in [3.05, 3.63) is 71.3 Å². The predicted molar refractivity (Wildman–Crippen MR) is 155 cm³/mol. The van der Waals surface area contributed by atoms with E-state index in [9.17, 15) is 35.1 Å². The van der Waals surface area contributed by atoms with Gasteiger partial charge >= 0.3 is 11.9 Å². The molecule has 0 unspecified atom stereocenters. The molecule has 0 aliphatic carbocycles. The monoisotopic (exact) mass is 622 g/mol. The predicted octanol–water partition coefficient (Wildman–Crippen LogP) is 1.01. The molecular weight excluding hydrogens is 588 g/mol. The Morgan fingerprint density at radius 3 is 2.31 bits per heavy atom. The van der Waals surface area contributed by atoms with Crippen LogP contribution in [-0.4, -0.2) is 98.4 Å². The van der Waals surface area contributed by atoms with Gasteiger partial charge in [-0.2, -0.15) is 5.21 Å². The van der Waals surface area contributed by atoms with Crippen LogP contribution >= 0.6 is 0 Å². The second kappa shape index (κ2) is 12.8. The summed E-state index contributed by atoms with van der Waals surface area (Å²) in [4.78, 5) is 29.8. The Morgan fingerprint density at radius 1 is 1.02 bits per heavy atom. The van der Waals surface area contributed by atoms with Crippen LogP contribution < -0.4 is 0 Å². The number of imidazole rings is 1. The molecule has 0 saturated carbocycles. The van der Waals surface area contributed by atoms with E-state index in [0.717, 1.165) is 22.3 Å². The molecule has 15 nitrogen and oxygen atoms in total. The summed E-state index contributed by atoms with van der Waals surface area (Å²) < 4.78 is 12.1. The highest BCUT2D eigenvalue weighted by molar-refractivity contribution is 5.89. The number of carbonyl (C=O) groups excluding carboxylic acids is 1. The molecule has 15 heteroatoms. The van der Waals surface area contributed by atoms with Crippen molar-refractivity contribution in [1.82, 2.24) is 30.2 Å². The summed E-state index contributed by atoms with van der Waals surface area (Å²) in [6.45, 7) is 4.98. The van der Waals surface area contributed by atoms with Crippen molar-refractivity contribution < 1.29 is 44.6 Å². The number of carbonyl (C=O) groups is 2. The van der Waals surface area contributed by atoms with Crippen LogP contribution in [0.25, 0.3) is 22.5 Å². The lowest BCUT2D eigenvalue weighted by Gasteiger charge is -2.38. The zero-order valence-electron chi connectivity index (χ0n) is 24.7. The Bertz CT molecular complexity index is 1650. The van der Waals surface area contributed by atoms with Crippen LogP contribution in [0.3, 0.4) is 0 Å². The summed E-state index contributed by atoms with van der Waals surface area (Å²) in [6.07, 6.45) is -8.64. The molecule has 4 aromatic rings. The number of hydrogen-bond acceptors (Lipinski definition) is 12. The highest BCUT2D eigenvalue weighted by Gasteiger charge is 2.49. The molecule has 2 aromatic carbocycles. The third-order valence-corrected chi connectivity index (χ3v) is 7.45. The molecule has 3 heterocycles. The number of ether oxygens (including phenoxy) is 2. The van der Waals surface area contributed by atoms with E-state index in [-0.39, 0.29) is 17.9 Å². The Balaban J connectivity index is 1.49. The third kappa shape index (κ3) is 6.48. The first-order valence-corrected chi connectivity index (χ1v) is 14.3. The molecule has 45 heavy (non-hydrogen) atoms. The fraction of sp³-hybridized carbons (Fsp3) is 0.400. The van der Waals surface area contributed by atoms with Crippen molar-refractivity contribution in [3.8, 4) is 22.5 Å². The lowest BCUT2D eigenvalue weighted by molar-refractivity contribution is -0.278. The van der Waals surface area contributed by atoms with E-state index in [0.29, 0.717) is 24.5 Å². The second-order valence-corrected chi connectivity index (χ2v) is 11.2. The molecular formula is C30H34N6O9. The number of esters is 1. The number of tetrazole rings is 1. The van der Waals surface area contributed by atoms with Crippen molar-refractivity contribution in [1.29, 1.82) is 0 Å². The van der Waals surface area contributed by atoms with Crippen LogP contribution in [0.4, 0.5) is 0 Å². The highest BCUT2D eigenvalue weighted by atomic mass is 16.7. The van der Waals surface area contributed by atoms with E-state index in [1.165, 1.54) is 13.8 Å². The minimum Gasteiger partial charge on any atom is -0.479 e. The number of aliphatic hydroxyl groups excluding tert-OH is 3. The number of nitrogens with one attached hydrogen (secondary N) is 1. The van der Waals surface area contributed by atoms with Crippen molar-refractivity contribution in [2.75, 3.05) is 0 Å². The number of aromatic amines is 1. The fourth-order valence-corrected chi connectivity index (χ4v) is 5.21. The van der Waals surface area contributed by atoms with E-state index >= 15 is 0 Å². The first-order chi connectivity index (χ1) is 21.4. The first kappa shape index (κ1) is 31.9. The van der Waals surface area contributed by atoms with Crippen molar-refractivity contribution in [3.63, 3.8) is 0 Å². The summed E-state index contributed by atoms with van der Waals surface area (Å²) in [5.74, 6) is -1.77. The van der Waals surface area contributed by atoms with Gasteiger partial charge in [-0.25, -0.2) is 14.6 Å². The molecule has 1 saturated heterocycles. The zero-order chi connectivity index (χ0) is 32.5. The van der Waals surface area contributed by atoms with E-state index in [1.54, 1.807) is 4.57 Å². The first-order valence-electron chi connectivity index (χ1n) is 14.3. The summed E-state index contributed by atoms with van der Waals surface area (Å²) in [5, 5.41) is 65.3. The Kier molecular flexibility index (Phi) is 9.08. The molecule has 5 rings (SSSR count). The molecule has 2 aromatic heterocycles. The zero-order valence-corrected chi connectivity index (χ0v) is 24.7. The summed E-state index contributed by atoms with van der Waals surface area (Å²) >= 11 is 0. The third-order valence-electron chi connectivity index (χ3n) is 7.45. The van der Waals surface area contributed by atoms with Crippen molar-refractivity contribution in [2.24, 2.45) is 0 Å². The molecule has 238 valence electrons. The topological polar surface area (TPSA) is 226 Å². The number of nitrogens with zero attached hydrogens (tertiary/aromatic N) is 5. The fourth-order valence-electron chi connectivity index (χ4n) is 5.21. The number of aryl methyl sites for hydroxylation is 1. The minimum atomic E-state index is -1.96. The van der Waals surface area contributed by atoms with Gasteiger partial charge in [0.25, 0.3) is 0 Å². The average Bonchev–Trinajstić information content (AvgIpc) is 3.67. The van der Waals surface area contributed by atoms with Crippen molar-refractivity contribution in [2.45, 2.75) is 76.5 Å². The van der Waals surface area contributed by atoms with Gasteiger partial charge in [0.1, 0.15) is 35.4 Å². The van der Waals surface area contributed by atoms with Crippen LogP contribution in [0.5, 0.6) is 0 Å². The van der Waals surface area contributed by atoms with E-state index in [4.69, 9.17) is 9.47 Å². The quantitative estimate of drug-likeness (QED) is 0.136. The highest BCUT2D eigenvalue weighted by Crippen LogP contribution is 2.32. The van der Waals surface area contributed by atoms with Crippen LogP contribution in [0, 0.1) is 0 Å². The molecule has 0 spiro atoms. The Hall–Kier alpha value is -4.54. The lowest BCUT2D eigenvalue weighted by Crippen LogP contribution is -2.60. The number of benzene rings is 2. The van der Waals surface area contributed by atoms with Crippen LogP contribution in [0.1, 0.15) is 54.8 Å². The van der Waals surface area contributed by atoms with Crippen molar-refractivity contribution >= 4 is 11.9 Å². The Labute approximate surface area is 257 Å². The number of hydrogen-bond donors (Lipinski definition) is 6. The molecule has 0 amide bonds. The number of carboxylic acids is 1. The van der Waals surface area contributed by atoms with Gasteiger partial charge < -0.3 is 39.6 Å². The molecule has 0 radical (unpaired) electrons. The maximum atomic E-state index is 13.7. The van der Waals surface area contributed by atoms with Gasteiger partial charge in [0.15, 0.2) is 11.8 Å². The van der Waals surface area contributed by atoms with Crippen LogP contribution in [0.2, 0.25) is 0 Å². The molecule has 1 fully saturated rings. The molecule has 5 atom stereocenters. The molecule has 6 N–H and O–H groups in total. The molecule has 1 aliphatic heterocycles. The SMILES string of the molecule is CCCc1nc(C(C)(C)O)c(C(=O)O[C@@H]2O[C@H](C(=O)O)[C@@H](O)[C@H](O)[C@H]2O)n1Cc1ccc(-c2ccccc2-c2nn[nH]n2)cc1. The van der Waals surface area contributed by atoms with Gasteiger partial charge in [0, 0.05) is 18.5 Å². The number of carboxylic acid groups (broad SMARTS) is 1. The molecule has 0 bridgehead atoms. The van der Waals surface area contributed by atoms with Gasteiger partial charge in [0.05, 0.1) is 0 Å². The van der Waals surface area contributed by atoms with Gasteiger partial charge in [0.2, 0.25) is 12.1 Å². The summed E-state index contributed by atoms with van der Waals surface area (Å²) in [6, 6.07) is 15.2. The maximum Gasteiger partial charge on any atom is 0.359 e. The average molecular weight is 623 g/mol. The lowest BCUT2D eigenvalue weighted by atomic mass is 9.98.